The van der Waals surface area contributed by atoms with Gasteiger partial charge < -0.3 is 10.6 Å². The summed E-state index contributed by atoms with van der Waals surface area (Å²) in [7, 11) is -3.42. The molecule has 0 saturated carbocycles. The Morgan fingerprint density at radius 3 is 2.57 bits per heavy atom. The van der Waals surface area contributed by atoms with Gasteiger partial charge in [-0.2, -0.15) is 0 Å². The van der Waals surface area contributed by atoms with Crippen molar-refractivity contribution in [3.05, 3.63) is 29.8 Å². The highest BCUT2D eigenvalue weighted by molar-refractivity contribution is 7.91. The molecule has 1 amide bonds. The van der Waals surface area contributed by atoms with Crippen LogP contribution in [0.2, 0.25) is 0 Å². The number of sulfone groups is 1. The minimum atomic E-state index is -3.42. The standard InChI is InChI=1S/C17H26N2O3S/c1-3-12-23(21,22)15-7-5-4-6-14(15)16(20)19-13-17(2)8-10-18-11-9-17/h4-7,18H,3,8-13H2,1-2H3,(H,19,20). The third-order valence-electron chi connectivity index (χ3n) is 4.43. The molecule has 1 aromatic carbocycles. The normalized spacial score (nSPS) is 17.7. The van der Waals surface area contributed by atoms with Crippen LogP contribution < -0.4 is 10.6 Å². The maximum Gasteiger partial charge on any atom is 0.252 e. The van der Waals surface area contributed by atoms with Crippen molar-refractivity contribution < 1.29 is 13.2 Å². The Morgan fingerprint density at radius 1 is 1.26 bits per heavy atom. The molecule has 6 heteroatoms. The van der Waals surface area contributed by atoms with Gasteiger partial charge >= 0.3 is 0 Å². The van der Waals surface area contributed by atoms with Gasteiger partial charge in [-0.15, -0.1) is 0 Å². The van der Waals surface area contributed by atoms with Gasteiger partial charge in [0.15, 0.2) is 9.84 Å². The number of hydrogen-bond donors (Lipinski definition) is 2. The molecule has 1 saturated heterocycles. The average molecular weight is 338 g/mol. The van der Waals surface area contributed by atoms with E-state index in [1.807, 2.05) is 6.92 Å². The largest absolute Gasteiger partial charge is 0.351 e. The molecule has 2 rings (SSSR count). The molecule has 0 aromatic heterocycles. The van der Waals surface area contributed by atoms with Gasteiger partial charge in [-0.1, -0.05) is 26.0 Å². The molecule has 2 N–H and O–H groups in total. The fraction of sp³-hybridized carbons (Fsp3) is 0.588. The third-order valence-corrected chi connectivity index (χ3v) is 6.40. The van der Waals surface area contributed by atoms with Gasteiger partial charge in [0.25, 0.3) is 5.91 Å². The Bertz CT molecular complexity index is 650. The fourth-order valence-corrected chi connectivity index (χ4v) is 4.44. The Hall–Kier alpha value is -1.40. The number of piperidine rings is 1. The Balaban J connectivity index is 2.14. The molecule has 0 radical (unpaired) electrons. The van der Waals surface area contributed by atoms with Crippen LogP contribution in [-0.4, -0.2) is 39.7 Å². The van der Waals surface area contributed by atoms with Crippen molar-refractivity contribution in [2.75, 3.05) is 25.4 Å². The van der Waals surface area contributed by atoms with Crippen LogP contribution in [0.25, 0.3) is 0 Å². The number of hydrogen-bond acceptors (Lipinski definition) is 4. The lowest BCUT2D eigenvalue weighted by atomic mass is 9.81. The number of carbonyl (C=O) groups excluding carboxylic acids is 1. The average Bonchev–Trinajstić information content (AvgIpc) is 2.53. The summed E-state index contributed by atoms with van der Waals surface area (Å²) in [5.74, 6) is -0.249. The van der Waals surface area contributed by atoms with Crippen LogP contribution in [0.1, 0.15) is 43.5 Å². The summed E-state index contributed by atoms with van der Waals surface area (Å²) in [5.41, 5.74) is 0.316. The van der Waals surface area contributed by atoms with E-state index in [1.165, 1.54) is 6.07 Å². The molecule has 0 unspecified atom stereocenters. The number of amides is 1. The first-order valence-electron chi connectivity index (χ1n) is 8.19. The van der Waals surface area contributed by atoms with Crippen LogP contribution in [0.5, 0.6) is 0 Å². The molecule has 0 atom stereocenters. The zero-order chi connectivity index (χ0) is 16.9. The summed E-state index contributed by atoms with van der Waals surface area (Å²) < 4.78 is 24.7. The minimum Gasteiger partial charge on any atom is -0.351 e. The molecule has 5 nitrogen and oxygen atoms in total. The second-order valence-electron chi connectivity index (χ2n) is 6.56. The molecule has 1 aliphatic heterocycles. The third kappa shape index (κ3) is 4.54. The van der Waals surface area contributed by atoms with Crippen molar-refractivity contribution >= 4 is 15.7 Å². The van der Waals surface area contributed by atoms with E-state index in [2.05, 4.69) is 17.6 Å². The topological polar surface area (TPSA) is 75.3 Å². The quantitative estimate of drug-likeness (QED) is 0.832. The van der Waals surface area contributed by atoms with Gasteiger partial charge in [-0.25, -0.2) is 8.42 Å². The summed E-state index contributed by atoms with van der Waals surface area (Å²) in [6, 6.07) is 6.47. The highest BCUT2D eigenvalue weighted by atomic mass is 32.2. The monoisotopic (exact) mass is 338 g/mol. The van der Waals surface area contributed by atoms with E-state index in [0.29, 0.717) is 13.0 Å². The van der Waals surface area contributed by atoms with Gasteiger partial charge in [-0.05, 0) is 49.9 Å². The van der Waals surface area contributed by atoms with E-state index < -0.39 is 9.84 Å². The van der Waals surface area contributed by atoms with E-state index in [1.54, 1.807) is 18.2 Å². The van der Waals surface area contributed by atoms with E-state index in [-0.39, 0.29) is 27.5 Å². The van der Waals surface area contributed by atoms with Crippen LogP contribution in [0.4, 0.5) is 0 Å². The number of carbonyl (C=O) groups is 1. The number of nitrogens with one attached hydrogen (secondary N) is 2. The predicted molar refractivity (Wildman–Crippen MR) is 91.3 cm³/mol. The van der Waals surface area contributed by atoms with E-state index in [9.17, 15) is 13.2 Å². The molecular weight excluding hydrogens is 312 g/mol. The molecule has 0 spiro atoms. The molecule has 23 heavy (non-hydrogen) atoms. The first-order valence-corrected chi connectivity index (χ1v) is 9.84. The second kappa shape index (κ2) is 7.45. The maximum atomic E-state index is 12.5. The Labute approximate surface area is 138 Å². The number of rotatable bonds is 6. The minimum absolute atomic E-state index is 0.0562. The summed E-state index contributed by atoms with van der Waals surface area (Å²) in [5, 5.41) is 6.24. The van der Waals surface area contributed by atoms with Gasteiger partial charge in [0.05, 0.1) is 16.2 Å². The van der Waals surface area contributed by atoms with E-state index in [4.69, 9.17) is 0 Å². The molecule has 1 heterocycles. The highest BCUT2D eigenvalue weighted by Gasteiger charge is 2.28. The van der Waals surface area contributed by atoms with Crippen molar-refractivity contribution in [2.45, 2.75) is 38.0 Å². The highest BCUT2D eigenvalue weighted by Crippen LogP contribution is 2.27. The molecular formula is C17H26N2O3S. The zero-order valence-corrected chi connectivity index (χ0v) is 14.7. The smallest absolute Gasteiger partial charge is 0.252 e. The summed E-state index contributed by atoms with van der Waals surface area (Å²) in [6.07, 6.45) is 2.54. The van der Waals surface area contributed by atoms with Crippen molar-refractivity contribution in [1.29, 1.82) is 0 Å². The summed E-state index contributed by atoms with van der Waals surface area (Å²) in [4.78, 5) is 12.6. The summed E-state index contributed by atoms with van der Waals surface area (Å²) in [6.45, 7) is 6.45. The van der Waals surface area contributed by atoms with Crippen molar-refractivity contribution in [1.82, 2.24) is 10.6 Å². The van der Waals surface area contributed by atoms with E-state index >= 15 is 0 Å². The Morgan fingerprint density at radius 2 is 1.91 bits per heavy atom. The fourth-order valence-electron chi connectivity index (χ4n) is 2.90. The van der Waals surface area contributed by atoms with E-state index in [0.717, 1.165) is 25.9 Å². The van der Waals surface area contributed by atoms with Gasteiger partial charge in [0, 0.05) is 6.54 Å². The molecule has 1 aromatic rings. The SMILES string of the molecule is CCCS(=O)(=O)c1ccccc1C(=O)NCC1(C)CCNCC1. The lowest BCUT2D eigenvalue weighted by molar-refractivity contribution is 0.0919. The van der Waals surface area contributed by atoms with Crippen molar-refractivity contribution in [3.63, 3.8) is 0 Å². The molecule has 0 bridgehead atoms. The number of benzene rings is 1. The Kier molecular flexibility index (Phi) is 5.81. The zero-order valence-electron chi connectivity index (χ0n) is 13.9. The van der Waals surface area contributed by atoms with Crippen LogP contribution >= 0.6 is 0 Å². The molecule has 1 aliphatic rings. The van der Waals surface area contributed by atoms with Gasteiger partial charge in [-0.3, -0.25) is 4.79 Å². The second-order valence-corrected chi connectivity index (χ2v) is 8.64. The van der Waals surface area contributed by atoms with Crippen LogP contribution in [0.3, 0.4) is 0 Å². The molecule has 0 aliphatic carbocycles. The lowest BCUT2D eigenvalue weighted by Gasteiger charge is -2.34. The summed E-state index contributed by atoms with van der Waals surface area (Å²) >= 11 is 0. The van der Waals surface area contributed by atoms with Gasteiger partial charge in [0.2, 0.25) is 0 Å². The van der Waals surface area contributed by atoms with Crippen molar-refractivity contribution in [3.8, 4) is 0 Å². The first-order chi connectivity index (χ1) is 10.9. The molecule has 128 valence electrons. The van der Waals surface area contributed by atoms with Crippen LogP contribution in [0, 0.1) is 5.41 Å². The maximum absolute atomic E-state index is 12.5. The lowest BCUT2D eigenvalue weighted by Crippen LogP contribution is -2.43. The first kappa shape index (κ1) is 17.9. The van der Waals surface area contributed by atoms with Crippen LogP contribution in [-0.2, 0) is 9.84 Å². The molecule has 1 fully saturated rings. The van der Waals surface area contributed by atoms with Crippen LogP contribution in [0.15, 0.2) is 29.2 Å². The van der Waals surface area contributed by atoms with Gasteiger partial charge in [0.1, 0.15) is 0 Å². The van der Waals surface area contributed by atoms with Crippen molar-refractivity contribution in [2.24, 2.45) is 5.41 Å². The predicted octanol–water partition coefficient (Wildman–Crippen LogP) is 1.99.